The van der Waals surface area contributed by atoms with Crippen molar-refractivity contribution in [1.29, 1.82) is 0 Å². The van der Waals surface area contributed by atoms with E-state index in [4.69, 9.17) is 9.15 Å². The average molecular weight is 453 g/mol. The van der Waals surface area contributed by atoms with Crippen LogP contribution in [0, 0.1) is 12.7 Å². The van der Waals surface area contributed by atoms with Gasteiger partial charge >= 0.3 is 0 Å². The summed E-state index contributed by atoms with van der Waals surface area (Å²) in [6.45, 7) is 3.62. The lowest BCUT2D eigenvalue weighted by atomic mass is 10.2. The molecule has 0 saturated carbocycles. The predicted molar refractivity (Wildman–Crippen MR) is 122 cm³/mol. The number of hydrogen-bond acceptors (Lipinski definition) is 5. The molecule has 0 fully saturated rings. The van der Waals surface area contributed by atoms with E-state index in [1.54, 1.807) is 20.1 Å². The van der Waals surface area contributed by atoms with E-state index in [9.17, 15) is 14.0 Å². The van der Waals surface area contributed by atoms with E-state index in [2.05, 4.69) is 10.6 Å². The quantitative estimate of drug-likeness (QED) is 0.394. The summed E-state index contributed by atoms with van der Waals surface area (Å²) >= 11 is 1.15. The molecule has 2 aromatic carbocycles. The van der Waals surface area contributed by atoms with Crippen molar-refractivity contribution in [3.8, 4) is 5.75 Å². The number of amides is 2. The number of carbonyl (C=O) groups is 2. The Kier molecular flexibility index (Phi) is 5.96. The number of hydrogen-bond donors (Lipinski definition) is 2. The number of carbonyl (C=O) groups excluding carboxylic acids is 2. The maximum atomic E-state index is 13.4. The third-order valence-corrected chi connectivity index (χ3v) is 6.12. The molecular weight excluding hydrogens is 431 g/mol. The molecule has 0 spiro atoms. The number of ether oxygens (including phenoxy) is 1. The standard InChI is InChI=1S/C24H21FN2O4S/c1-13-10-20(27-23(28)16-7-4-8-17(25)11-16)32-22(13)24(29)26-14(2)19-12-15-6-5-9-18(30-3)21(15)31-19/h4-12,14H,1-3H3,(H,26,29)(H,27,28). The van der Waals surface area contributed by atoms with Crippen molar-refractivity contribution in [2.75, 3.05) is 12.4 Å². The first-order valence-electron chi connectivity index (χ1n) is 9.90. The Morgan fingerprint density at radius 2 is 1.88 bits per heavy atom. The number of rotatable bonds is 6. The van der Waals surface area contributed by atoms with E-state index in [0.29, 0.717) is 27.0 Å². The third kappa shape index (κ3) is 4.36. The number of para-hydroxylation sites is 1. The highest BCUT2D eigenvalue weighted by Crippen LogP contribution is 2.32. The second kappa shape index (κ2) is 8.84. The van der Waals surface area contributed by atoms with Crippen LogP contribution in [-0.4, -0.2) is 18.9 Å². The third-order valence-electron chi connectivity index (χ3n) is 4.97. The summed E-state index contributed by atoms with van der Waals surface area (Å²) in [4.78, 5) is 25.7. The van der Waals surface area contributed by atoms with Gasteiger partial charge in [-0.15, -0.1) is 11.3 Å². The number of methoxy groups -OCH3 is 1. The van der Waals surface area contributed by atoms with E-state index >= 15 is 0 Å². The van der Waals surface area contributed by atoms with Crippen LogP contribution in [0.25, 0.3) is 11.0 Å². The van der Waals surface area contributed by atoms with Gasteiger partial charge in [-0.25, -0.2) is 4.39 Å². The van der Waals surface area contributed by atoms with Gasteiger partial charge in [-0.2, -0.15) is 0 Å². The highest BCUT2D eigenvalue weighted by atomic mass is 32.1. The van der Waals surface area contributed by atoms with Crippen LogP contribution in [0.15, 0.2) is 59.0 Å². The Bertz CT molecular complexity index is 1310. The molecule has 0 radical (unpaired) electrons. The molecular formula is C24H21FN2O4S. The first-order chi connectivity index (χ1) is 15.4. The summed E-state index contributed by atoms with van der Waals surface area (Å²) in [5, 5.41) is 7.04. The zero-order chi connectivity index (χ0) is 22.8. The fraction of sp³-hybridized carbons (Fsp3) is 0.167. The normalized spacial score (nSPS) is 11.9. The van der Waals surface area contributed by atoms with Gasteiger partial charge in [0.05, 0.1) is 23.0 Å². The second-order valence-corrected chi connectivity index (χ2v) is 8.36. The van der Waals surface area contributed by atoms with Gasteiger partial charge in [-0.1, -0.05) is 18.2 Å². The molecule has 0 aliphatic rings. The summed E-state index contributed by atoms with van der Waals surface area (Å²) in [7, 11) is 1.58. The van der Waals surface area contributed by atoms with Gasteiger partial charge in [0.1, 0.15) is 11.6 Å². The van der Waals surface area contributed by atoms with E-state index in [1.165, 1.54) is 18.2 Å². The lowest BCUT2D eigenvalue weighted by Gasteiger charge is -2.11. The minimum Gasteiger partial charge on any atom is -0.493 e. The molecule has 164 valence electrons. The van der Waals surface area contributed by atoms with Gasteiger partial charge in [0.15, 0.2) is 11.3 Å². The summed E-state index contributed by atoms with van der Waals surface area (Å²) in [6, 6.07) is 14.2. The van der Waals surface area contributed by atoms with Gasteiger partial charge < -0.3 is 19.8 Å². The summed E-state index contributed by atoms with van der Waals surface area (Å²) < 4.78 is 24.6. The molecule has 2 amide bonds. The van der Waals surface area contributed by atoms with Gasteiger partial charge in [-0.05, 0) is 55.8 Å². The molecule has 8 heteroatoms. The molecule has 0 bridgehead atoms. The number of benzene rings is 2. The van der Waals surface area contributed by atoms with Crippen molar-refractivity contribution < 1.29 is 23.1 Å². The molecule has 2 heterocycles. The maximum absolute atomic E-state index is 13.4. The molecule has 0 aliphatic heterocycles. The fourth-order valence-corrected chi connectivity index (χ4v) is 4.32. The smallest absolute Gasteiger partial charge is 0.262 e. The van der Waals surface area contributed by atoms with Crippen molar-refractivity contribution in [3.63, 3.8) is 0 Å². The zero-order valence-electron chi connectivity index (χ0n) is 17.7. The maximum Gasteiger partial charge on any atom is 0.262 e. The van der Waals surface area contributed by atoms with E-state index in [-0.39, 0.29) is 17.5 Å². The average Bonchev–Trinajstić information content (AvgIpc) is 3.37. The fourth-order valence-electron chi connectivity index (χ4n) is 3.35. The van der Waals surface area contributed by atoms with Crippen molar-refractivity contribution in [2.24, 2.45) is 0 Å². The minimum atomic E-state index is -0.489. The van der Waals surface area contributed by atoms with Crippen LogP contribution in [0.4, 0.5) is 9.39 Å². The Morgan fingerprint density at radius 3 is 2.62 bits per heavy atom. The lowest BCUT2D eigenvalue weighted by Crippen LogP contribution is -2.26. The monoisotopic (exact) mass is 452 g/mol. The molecule has 4 aromatic rings. The number of thiophene rings is 1. The molecule has 32 heavy (non-hydrogen) atoms. The van der Waals surface area contributed by atoms with Gasteiger partial charge in [0.2, 0.25) is 0 Å². The second-order valence-electron chi connectivity index (χ2n) is 7.31. The predicted octanol–water partition coefficient (Wildman–Crippen LogP) is 5.69. The number of aryl methyl sites for hydroxylation is 1. The number of halogens is 1. The number of furan rings is 1. The van der Waals surface area contributed by atoms with Gasteiger partial charge in [0, 0.05) is 10.9 Å². The van der Waals surface area contributed by atoms with Crippen LogP contribution in [0.5, 0.6) is 5.75 Å². The molecule has 2 aromatic heterocycles. The highest BCUT2D eigenvalue weighted by Gasteiger charge is 2.20. The van der Waals surface area contributed by atoms with E-state index < -0.39 is 11.7 Å². The Morgan fingerprint density at radius 1 is 1.09 bits per heavy atom. The number of anilines is 1. The first kappa shape index (κ1) is 21.6. The van der Waals surface area contributed by atoms with Crippen LogP contribution in [0.2, 0.25) is 0 Å². The highest BCUT2D eigenvalue weighted by molar-refractivity contribution is 7.18. The topological polar surface area (TPSA) is 80.6 Å². The Labute approximate surface area is 188 Å². The molecule has 6 nitrogen and oxygen atoms in total. The molecule has 2 N–H and O–H groups in total. The van der Waals surface area contributed by atoms with Crippen LogP contribution < -0.4 is 15.4 Å². The van der Waals surface area contributed by atoms with Crippen molar-refractivity contribution in [3.05, 3.63) is 82.2 Å². The summed E-state index contributed by atoms with van der Waals surface area (Å²) in [6.07, 6.45) is 0. The number of nitrogens with one attached hydrogen (secondary N) is 2. The van der Waals surface area contributed by atoms with Crippen molar-refractivity contribution in [2.45, 2.75) is 19.9 Å². The van der Waals surface area contributed by atoms with Crippen LogP contribution in [-0.2, 0) is 0 Å². The van der Waals surface area contributed by atoms with E-state index in [0.717, 1.165) is 28.4 Å². The van der Waals surface area contributed by atoms with Crippen molar-refractivity contribution in [1.82, 2.24) is 5.32 Å². The van der Waals surface area contributed by atoms with Gasteiger partial charge in [-0.3, -0.25) is 9.59 Å². The SMILES string of the molecule is COc1cccc2cc(C(C)NC(=O)c3sc(NC(=O)c4cccc(F)c4)cc3C)oc12. The zero-order valence-corrected chi connectivity index (χ0v) is 18.5. The van der Waals surface area contributed by atoms with Crippen LogP contribution in [0.3, 0.4) is 0 Å². The lowest BCUT2D eigenvalue weighted by molar-refractivity contribution is 0.0938. The van der Waals surface area contributed by atoms with Crippen LogP contribution >= 0.6 is 11.3 Å². The largest absolute Gasteiger partial charge is 0.493 e. The molecule has 1 atom stereocenters. The Balaban J connectivity index is 1.48. The molecule has 0 aliphatic carbocycles. The summed E-state index contributed by atoms with van der Waals surface area (Å²) in [5.74, 6) is 0.0185. The van der Waals surface area contributed by atoms with Crippen LogP contribution in [0.1, 0.15) is 44.3 Å². The van der Waals surface area contributed by atoms with Gasteiger partial charge in [0.25, 0.3) is 11.8 Å². The first-order valence-corrected chi connectivity index (χ1v) is 10.7. The molecule has 1 unspecified atom stereocenters. The molecule has 0 saturated heterocycles. The number of fused-ring (bicyclic) bond motifs is 1. The van der Waals surface area contributed by atoms with Crippen molar-refractivity contribution >= 4 is 39.1 Å². The Hall–Kier alpha value is -3.65. The minimum absolute atomic E-state index is 0.205. The molecule has 4 rings (SSSR count). The van der Waals surface area contributed by atoms with E-state index in [1.807, 2.05) is 31.2 Å². The summed E-state index contributed by atoms with van der Waals surface area (Å²) in [5.41, 5.74) is 1.55.